The Hall–Kier alpha value is -3.47. The van der Waals surface area contributed by atoms with Crippen molar-refractivity contribution in [1.82, 2.24) is 19.5 Å². The maximum absolute atomic E-state index is 12.5. The number of aromatic nitrogens is 2. The van der Waals surface area contributed by atoms with Crippen molar-refractivity contribution in [2.75, 3.05) is 0 Å². The summed E-state index contributed by atoms with van der Waals surface area (Å²) in [5, 5.41) is 4.36. The number of nitrogens with one attached hydrogen (secondary N) is 2. The predicted molar refractivity (Wildman–Crippen MR) is 119 cm³/mol. The first-order valence-corrected chi connectivity index (χ1v) is 11.3. The molecule has 0 saturated heterocycles. The molecule has 0 aliphatic rings. The summed E-state index contributed by atoms with van der Waals surface area (Å²) in [6.45, 7) is 1.70. The van der Waals surface area contributed by atoms with Crippen LogP contribution in [-0.4, -0.2) is 29.9 Å². The Kier molecular flexibility index (Phi) is 6.08. The molecule has 0 radical (unpaired) electrons. The van der Waals surface area contributed by atoms with Gasteiger partial charge in [-0.2, -0.15) is 5.10 Å². The highest BCUT2D eigenvalue weighted by Crippen LogP contribution is 2.15. The summed E-state index contributed by atoms with van der Waals surface area (Å²) in [6.07, 6.45) is 3.07. The van der Waals surface area contributed by atoms with E-state index in [1.807, 2.05) is 6.07 Å². The largest absolute Gasteiger partial charge is 0.459 e. The molecule has 0 atom stereocenters. The van der Waals surface area contributed by atoms with Crippen molar-refractivity contribution < 1.29 is 17.6 Å². The molecule has 0 aliphatic carbocycles. The van der Waals surface area contributed by atoms with E-state index in [4.69, 9.17) is 16.0 Å². The van der Waals surface area contributed by atoms with E-state index in [1.54, 1.807) is 41.8 Å². The van der Waals surface area contributed by atoms with E-state index in [0.29, 0.717) is 33.6 Å². The number of halogens is 1. The van der Waals surface area contributed by atoms with Gasteiger partial charge in [-0.1, -0.05) is 17.7 Å². The lowest BCUT2D eigenvalue weighted by Crippen LogP contribution is -2.22. The van der Waals surface area contributed by atoms with E-state index >= 15 is 0 Å². The number of carbonyl (C=O) groups excluding carboxylic acids is 1. The zero-order valence-electron chi connectivity index (χ0n) is 16.8. The predicted octanol–water partition coefficient (Wildman–Crippen LogP) is 3.13. The lowest BCUT2D eigenvalue weighted by molar-refractivity contribution is 0.0948. The van der Waals surface area contributed by atoms with Gasteiger partial charge in [-0.05, 0) is 55.5 Å². The molecule has 9 nitrogen and oxygen atoms in total. The Morgan fingerprint density at radius 1 is 1.19 bits per heavy atom. The number of furan rings is 1. The van der Waals surface area contributed by atoms with Gasteiger partial charge in [-0.3, -0.25) is 9.20 Å². The van der Waals surface area contributed by atoms with Crippen molar-refractivity contribution in [2.24, 2.45) is 5.10 Å². The van der Waals surface area contributed by atoms with Crippen molar-refractivity contribution in [2.45, 2.75) is 18.4 Å². The van der Waals surface area contributed by atoms with Crippen LogP contribution in [0.15, 0.2) is 75.2 Å². The van der Waals surface area contributed by atoms with E-state index < -0.39 is 15.9 Å². The first-order valence-electron chi connectivity index (χ1n) is 9.44. The molecule has 0 spiro atoms. The van der Waals surface area contributed by atoms with Gasteiger partial charge >= 0.3 is 0 Å². The minimum absolute atomic E-state index is 0.0494. The van der Waals surface area contributed by atoms with Gasteiger partial charge in [0, 0.05) is 11.2 Å². The third-order valence-corrected chi connectivity index (χ3v) is 6.19. The molecule has 4 rings (SSSR count). The quantitative estimate of drug-likeness (QED) is 0.317. The van der Waals surface area contributed by atoms with Crippen LogP contribution >= 0.6 is 11.6 Å². The summed E-state index contributed by atoms with van der Waals surface area (Å²) in [5.41, 5.74) is 4.07. The third-order valence-electron chi connectivity index (χ3n) is 4.52. The van der Waals surface area contributed by atoms with Gasteiger partial charge in [0.05, 0.1) is 23.3 Å². The number of hydrazone groups is 1. The Bertz CT molecular complexity index is 1410. The summed E-state index contributed by atoms with van der Waals surface area (Å²) >= 11 is 5.79. The van der Waals surface area contributed by atoms with Crippen LogP contribution in [-0.2, 0) is 16.6 Å². The molecule has 0 aliphatic heterocycles. The summed E-state index contributed by atoms with van der Waals surface area (Å²) in [7, 11) is -3.71. The van der Waals surface area contributed by atoms with E-state index in [0.717, 1.165) is 0 Å². The van der Waals surface area contributed by atoms with Crippen molar-refractivity contribution in [1.29, 1.82) is 0 Å². The third kappa shape index (κ3) is 4.72. The number of pyridine rings is 1. The first kappa shape index (κ1) is 21.8. The molecule has 0 bridgehead atoms. The second kappa shape index (κ2) is 8.95. The number of fused-ring (bicyclic) bond motifs is 1. The van der Waals surface area contributed by atoms with Gasteiger partial charge in [-0.25, -0.2) is 23.5 Å². The highest BCUT2D eigenvalue weighted by molar-refractivity contribution is 7.89. The standard InChI is InChI=1S/C21H18ClN5O4S/c1-14-20(27-11-3-2-4-19(27)25-14)21(28)26-23-12-16-7-8-17(31-16)13-24-32(29,30)18-9-5-15(22)6-10-18/h2-12,24H,13H2,1H3,(H,26,28)/b23-12+. The molecule has 2 N–H and O–H groups in total. The Labute approximate surface area is 188 Å². The fourth-order valence-corrected chi connectivity index (χ4v) is 4.14. The van der Waals surface area contributed by atoms with Crippen molar-refractivity contribution >= 4 is 39.4 Å². The summed E-state index contributed by atoms with van der Waals surface area (Å²) in [4.78, 5) is 16.9. The van der Waals surface area contributed by atoms with Crippen LogP contribution in [0.25, 0.3) is 5.65 Å². The number of nitrogens with zero attached hydrogens (tertiary/aromatic N) is 3. The maximum Gasteiger partial charge on any atom is 0.290 e. The smallest absolute Gasteiger partial charge is 0.290 e. The number of hydrogen-bond donors (Lipinski definition) is 2. The second-order valence-electron chi connectivity index (χ2n) is 6.76. The van der Waals surface area contributed by atoms with Crippen molar-refractivity contribution in [3.8, 4) is 0 Å². The van der Waals surface area contributed by atoms with E-state index in [1.165, 1.54) is 30.5 Å². The van der Waals surface area contributed by atoms with Gasteiger partial charge in [0.25, 0.3) is 5.91 Å². The van der Waals surface area contributed by atoms with E-state index in [-0.39, 0.29) is 11.4 Å². The topological polar surface area (TPSA) is 118 Å². The molecular weight excluding hydrogens is 454 g/mol. The number of carbonyl (C=O) groups is 1. The number of hydrogen-bond acceptors (Lipinski definition) is 6. The molecule has 3 aromatic heterocycles. The van der Waals surface area contributed by atoms with Gasteiger partial charge in [0.1, 0.15) is 22.9 Å². The van der Waals surface area contributed by atoms with Crippen LogP contribution in [0.5, 0.6) is 0 Å². The Morgan fingerprint density at radius 2 is 1.97 bits per heavy atom. The highest BCUT2D eigenvalue weighted by atomic mass is 35.5. The molecule has 4 aromatic rings. The molecule has 32 heavy (non-hydrogen) atoms. The monoisotopic (exact) mass is 471 g/mol. The van der Waals surface area contributed by atoms with E-state index in [9.17, 15) is 13.2 Å². The van der Waals surface area contributed by atoms with Gasteiger partial charge in [0.2, 0.25) is 10.0 Å². The minimum atomic E-state index is -3.71. The van der Waals surface area contributed by atoms with Gasteiger partial charge < -0.3 is 4.42 Å². The highest BCUT2D eigenvalue weighted by Gasteiger charge is 2.16. The fraction of sp³-hybridized carbons (Fsp3) is 0.0952. The number of amides is 1. The molecule has 0 fully saturated rings. The van der Waals surface area contributed by atoms with Gasteiger partial charge in [0.15, 0.2) is 0 Å². The van der Waals surface area contributed by atoms with Crippen LogP contribution < -0.4 is 10.1 Å². The lowest BCUT2D eigenvalue weighted by atomic mass is 10.3. The lowest BCUT2D eigenvalue weighted by Gasteiger charge is -2.05. The maximum atomic E-state index is 12.5. The first-order chi connectivity index (χ1) is 15.3. The average Bonchev–Trinajstić information content (AvgIpc) is 3.35. The van der Waals surface area contributed by atoms with Crippen LogP contribution in [0.2, 0.25) is 5.02 Å². The SMILES string of the molecule is Cc1nc2ccccn2c1C(=O)N/N=C/c1ccc(CNS(=O)(=O)c2ccc(Cl)cc2)o1. The van der Waals surface area contributed by atoms with Gasteiger partial charge in [-0.15, -0.1) is 0 Å². The Balaban J connectivity index is 1.37. The van der Waals surface area contributed by atoms with E-state index in [2.05, 4.69) is 20.2 Å². The average molecular weight is 472 g/mol. The second-order valence-corrected chi connectivity index (χ2v) is 8.96. The molecular formula is C21H18ClN5O4S. The Morgan fingerprint density at radius 3 is 2.75 bits per heavy atom. The molecule has 164 valence electrons. The zero-order valence-corrected chi connectivity index (χ0v) is 18.4. The number of aryl methyl sites for hydroxylation is 1. The molecule has 11 heteroatoms. The molecule has 3 heterocycles. The molecule has 1 aromatic carbocycles. The van der Waals surface area contributed by atoms with Crippen LogP contribution in [0.3, 0.4) is 0 Å². The van der Waals surface area contributed by atoms with Crippen LogP contribution in [0, 0.1) is 6.92 Å². The molecule has 0 unspecified atom stereocenters. The van der Waals surface area contributed by atoms with Crippen molar-refractivity contribution in [3.63, 3.8) is 0 Å². The molecule has 1 amide bonds. The number of benzene rings is 1. The van der Waals surface area contributed by atoms with Crippen molar-refractivity contribution in [3.05, 3.63) is 88.7 Å². The summed E-state index contributed by atoms with van der Waals surface area (Å²) < 4.78 is 34.3. The van der Waals surface area contributed by atoms with Crippen LogP contribution in [0.1, 0.15) is 27.7 Å². The molecule has 0 saturated carbocycles. The number of rotatable bonds is 7. The summed E-state index contributed by atoms with van der Waals surface area (Å²) in [6, 6.07) is 14.5. The number of sulfonamides is 1. The normalized spacial score (nSPS) is 11.9. The fourth-order valence-electron chi connectivity index (χ4n) is 3.02. The zero-order chi connectivity index (χ0) is 22.7. The van der Waals surface area contributed by atoms with Crippen LogP contribution in [0.4, 0.5) is 0 Å². The number of imidazole rings is 1. The summed E-state index contributed by atoms with van der Waals surface area (Å²) in [5.74, 6) is 0.314. The minimum Gasteiger partial charge on any atom is -0.459 e.